The second kappa shape index (κ2) is 8.97. The highest BCUT2D eigenvalue weighted by molar-refractivity contribution is 5.87. The molecule has 0 amide bonds. The van der Waals surface area contributed by atoms with Crippen molar-refractivity contribution in [1.82, 2.24) is 9.13 Å². The quantitative estimate of drug-likeness (QED) is 0.408. The van der Waals surface area contributed by atoms with E-state index < -0.39 is 23.4 Å². The van der Waals surface area contributed by atoms with E-state index in [2.05, 4.69) is 0 Å². The first-order valence-electron chi connectivity index (χ1n) is 10.2. The van der Waals surface area contributed by atoms with E-state index in [0.29, 0.717) is 17.3 Å². The molecular formula is C25H21F3N2O3. The van der Waals surface area contributed by atoms with Gasteiger partial charge in [0.15, 0.2) is 11.6 Å². The number of hydrogen-bond donors (Lipinski definition) is 0. The van der Waals surface area contributed by atoms with E-state index in [4.69, 9.17) is 4.74 Å². The van der Waals surface area contributed by atoms with Crippen molar-refractivity contribution in [3.63, 3.8) is 0 Å². The molecule has 5 nitrogen and oxygen atoms in total. The Labute approximate surface area is 187 Å². The summed E-state index contributed by atoms with van der Waals surface area (Å²) in [6, 6.07) is 11.2. The minimum atomic E-state index is -0.994. The molecule has 4 aromatic rings. The molecule has 0 unspecified atom stereocenters. The van der Waals surface area contributed by atoms with Gasteiger partial charge in [0.1, 0.15) is 12.4 Å². The Morgan fingerprint density at radius 3 is 2.61 bits per heavy atom. The summed E-state index contributed by atoms with van der Waals surface area (Å²) in [5, 5.41) is 0.644. The monoisotopic (exact) mass is 454 g/mol. The molecule has 0 saturated carbocycles. The zero-order chi connectivity index (χ0) is 23.7. The van der Waals surface area contributed by atoms with Crippen molar-refractivity contribution >= 4 is 16.9 Å². The predicted molar refractivity (Wildman–Crippen MR) is 118 cm³/mol. The van der Waals surface area contributed by atoms with Crippen LogP contribution in [-0.4, -0.2) is 22.2 Å². The van der Waals surface area contributed by atoms with E-state index >= 15 is 0 Å². The van der Waals surface area contributed by atoms with Crippen LogP contribution in [0.25, 0.3) is 10.9 Å². The van der Waals surface area contributed by atoms with Gasteiger partial charge in [-0.05, 0) is 42.3 Å². The van der Waals surface area contributed by atoms with E-state index in [1.807, 2.05) is 6.92 Å². The van der Waals surface area contributed by atoms with Gasteiger partial charge in [0.05, 0.1) is 13.7 Å². The number of aromatic nitrogens is 2. The third kappa shape index (κ3) is 4.41. The van der Waals surface area contributed by atoms with Crippen LogP contribution >= 0.6 is 0 Å². The normalized spacial score (nSPS) is 11.2. The molecule has 0 bridgehead atoms. The molecule has 2 aromatic heterocycles. The molecule has 0 saturated heterocycles. The van der Waals surface area contributed by atoms with Crippen molar-refractivity contribution in [2.75, 3.05) is 7.11 Å². The first-order valence-corrected chi connectivity index (χ1v) is 10.2. The van der Waals surface area contributed by atoms with Crippen LogP contribution in [0.4, 0.5) is 13.2 Å². The summed E-state index contributed by atoms with van der Waals surface area (Å²) in [6.07, 6.45) is 1.92. The molecule has 0 aliphatic rings. The van der Waals surface area contributed by atoms with Crippen molar-refractivity contribution in [1.29, 1.82) is 0 Å². The van der Waals surface area contributed by atoms with Crippen LogP contribution in [0.15, 0.2) is 59.5 Å². The van der Waals surface area contributed by atoms with Crippen molar-refractivity contribution < 1.29 is 22.7 Å². The van der Waals surface area contributed by atoms with Crippen LogP contribution in [0.1, 0.15) is 22.4 Å². The summed E-state index contributed by atoms with van der Waals surface area (Å²) >= 11 is 0. The lowest BCUT2D eigenvalue weighted by molar-refractivity contribution is -0.141. The second-order valence-electron chi connectivity index (χ2n) is 7.78. The maximum Gasteiger partial charge on any atom is 0.325 e. The fourth-order valence-electron chi connectivity index (χ4n) is 4.01. The minimum Gasteiger partial charge on any atom is -0.468 e. The van der Waals surface area contributed by atoms with Gasteiger partial charge >= 0.3 is 5.97 Å². The molecule has 33 heavy (non-hydrogen) atoms. The van der Waals surface area contributed by atoms with Crippen LogP contribution in [0.2, 0.25) is 0 Å². The number of benzene rings is 2. The van der Waals surface area contributed by atoms with Gasteiger partial charge in [0.2, 0.25) is 0 Å². The van der Waals surface area contributed by atoms with E-state index in [1.165, 1.54) is 42.0 Å². The van der Waals surface area contributed by atoms with Crippen LogP contribution in [0.5, 0.6) is 0 Å². The second-order valence-corrected chi connectivity index (χ2v) is 7.78. The molecule has 170 valence electrons. The summed E-state index contributed by atoms with van der Waals surface area (Å²) in [6.45, 7) is 1.67. The Bertz CT molecular complexity index is 1420. The maximum absolute atomic E-state index is 14.1. The molecular weight excluding hydrogens is 433 g/mol. The van der Waals surface area contributed by atoms with Gasteiger partial charge in [-0.1, -0.05) is 18.2 Å². The standard InChI is InChI=1S/C25H21F3N2O3/c1-15-19(20-11-18(26)7-8-22(20)30(15)14-24(32)33-2)10-16-6-9-23(31)29(12-16)13-17-4-3-5-21(27)25(17)28/h3-9,11-12H,10,13-14H2,1-2H3. The number of halogens is 3. The van der Waals surface area contributed by atoms with Crippen LogP contribution in [0.3, 0.4) is 0 Å². The number of nitrogens with zero attached hydrogens (tertiary/aromatic N) is 2. The minimum absolute atomic E-state index is 0.0250. The summed E-state index contributed by atoms with van der Waals surface area (Å²) in [7, 11) is 1.30. The average molecular weight is 454 g/mol. The lowest BCUT2D eigenvalue weighted by Crippen LogP contribution is -2.20. The van der Waals surface area contributed by atoms with Crippen LogP contribution in [-0.2, 0) is 29.0 Å². The molecule has 2 heterocycles. The Hall–Kier alpha value is -3.81. The van der Waals surface area contributed by atoms with E-state index in [1.54, 1.807) is 22.9 Å². The van der Waals surface area contributed by atoms with E-state index in [9.17, 15) is 22.8 Å². The largest absolute Gasteiger partial charge is 0.468 e. The highest BCUT2D eigenvalue weighted by Gasteiger charge is 2.18. The number of hydrogen-bond acceptors (Lipinski definition) is 3. The van der Waals surface area contributed by atoms with Gasteiger partial charge in [-0.2, -0.15) is 0 Å². The van der Waals surface area contributed by atoms with Crippen molar-refractivity contribution in [2.24, 2.45) is 0 Å². The van der Waals surface area contributed by atoms with Gasteiger partial charge in [-0.15, -0.1) is 0 Å². The average Bonchev–Trinajstić information content (AvgIpc) is 3.04. The molecule has 0 aliphatic carbocycles. The third-order valence-corrected chi connectivity index (χ3v) is 5.73. The number of carbonyl (C=O) groups excluding carboxylic acids is 1. The Balaban J connectivity index is 1.74. The maximum atomic E-state index is 14.1. The van der Waals surface area contributed by atoms with Gasteiger partial charge in [0, 0.05) is 40.8 Å². The van der Waals surface area contributed by atoms with E-state index in [0.717, 1.165) is 22.9 Å². The van der Waals surface area contributed by atoms with Gasteiger partial charge in [-0.3, -0.25) is 9.59 Å². The smallest absolute Gasteiger partial charge is 0.325 e. The predicted octanol–water partition coefficient (Wildman–Crippen LogP) is 4.34. The summed E-state index contributed by atoms with van der Waals surface area (Å²) < 4.78 is 49.6. The van der Waals surface area contributed by atoms with Gasteiger partial charge < -0.3 is 13.9 Å². The fourth-order valence-corrected chi connectivity index (χ4v) is 4.01. The van der Waals surface area contributed by atoms with E-state index in [-0.39, 0.29) is 24.2 Å². The number of ether oxygens (including phenoxy) is 1. The number of rotatable bonds is 6. The highest BCUT2D eigenvalue weighted by atomic mass is 19.2. The first-order chi connectivity index (χ1) is 15.8. The topological polar surface area (TPSA) is 53.2 Å². The molecule has 0 N–H and O–H groups in total. The molecule has 2 aromatic carbocycles. The molecule has 8 heteroatoms. The summed E-state index contributed by atoms with van der Waals surface area (Å²) in [5.41, 5.74) is 2.64. The third-order valence-electron chi connectivity index (χ3n) is 5.73. The zero-order valence-electron chi connectivity index (χ0n) is 18.1. The molecule has 0 radical (unpaired) electrons. The van der Waals surface area contributed by atoms with Crippen molar-refractivity contribution in [3.05, 3.63) is 105 Å². The molecule has 0 spiro atoms. The summed E-state index contributed by atoms with van der Waals surface area (Å²) in [5.74, 6) is -2.82. The molecule has 4 rings (SSSR count). The number of fused-ring (bicyclic) bond motifs is 1. The Morgan fingerprint density at radius 2 is 1.85 bits per heavy atom. The lowest BCUT2D eigenvalue weighted by Gasteiger charge is -2.10. The molecule has 0 atom stereocenters. The van der Waals surface area contributed by atoms with Gasteiger partial charge in [0.25, 0.3) is 5.56 Å². The Kier molecular flexibility index (Phi) is 6.09. The van der Waals surface area contributed by atoms with Gasteiger partial charge in [-0.25, -0.2) is 13.2 Å². The number of pyridine rings is 1. The van der Waals surface area contributed by atoms with Crippen LogP contribution < -0.4 is 5.56 Å². The lowest BCUT2D eigenvalue weighted by atomic mass is 10.0. The summed E-state index contributed by atoms with van der Waals surface area (Å²) in [4.78, 5) is 24.3. The van der Waals surface area contributed by atoms with Crippen molar-refractivity contribution in [3.8, 4) is 0 Å². The number of esters is 1. The SMILES string of the molecule is COC(=O)Cn1c(C)c(Cc2ccc(=O)n(Cc3cccc(F)c3F)c2)c2cc(F)ccc21. The zero-order valence-corrected chi connectivity index (χ0v) is 18.1. The fraction of sp³-hybridized carbons (Fsp3) is 0.200. The number of carbonyl (C=O) groups is 1. The van der Waals surface area contributed by atoms with Crippen LogP contribution in [0, 0.1) is 24.4 Å². The highest BCUT2D eigenvalue weighted by Crippen LogP contribution is 2.29. The molecule has 0 fully saturated rings. The Morgan fingerprint density at radius 1 is 1.06 bits per heavy atom. The first kappa shape index (κ1) is 22.4. The molecule has 0 aliphatic heterocycles. The van der Waals surface area contributed by atoms with Crippen molar-refractivity contribution in [2.45, 2.75) is 26.4 Å². The number of methoxy groups -OCH3 is 1.